The summed E-state index contributed by atoms with van der Waals surface area (Å²) in [5.74, 6) is -1.33. The molecule has 4 aromatic rings. The van der Waals surface area contributed by atoms with Gasteiger partial charge in [0.15, 0.2) is 5.82 Å². The van der Waals surface area contributed by atoms with Crippen molar-refractivity contribution in [2.45, 2.75) is 75.4 Å². The number of halogens is 1. The van der Waals surface area contributed by atoms with Gasteiger partial charge in [0.05, 0.1) is 17.1 Å². The summed E-state index contributed by atoms with van der Waals surface area (Å²) in [7, 11) is -2.51. The normalized spacial score (nSPS) is 25.8. The maximum Gasteiger partial charge on any atom is 0.326 e. The van der Waals surface area contributed by atoms with Crippen LogP contribution in [0.4, 0.5) is 15.8 Å². The third-order valence-corrected chi connectivity index (χ3v) is 15.0. The lowest BCUT2D eigenvalue weighted by atomic mass is 9.77. The van der Waals surface area contributed by atoms with E-state index >= 15 is 4.39 Å². The first-order chi connectivity index (χ1) is 25.9. The zero-order valence-electron chi connectivity index (χ0n) is 30.0. The average molecular weight is 775 g/mol. The monoisotopic (exact) mass is 774 g/mol. The highest BCUT2D eigenvalue weighted by atomic mass is 32.2. The lowest BCUT2D eigenvalue weighted by Gasteiger charge is -2.29. The number of hydrogen-bond donors (Lipinski definition) is 4. The molecule has 54 heavy (non-hydrogen) atoms. The van der Waals surface area contributed by atoms with E-state index in [0.717, 1.165) is 35.1 Å². The second-order valence-corrected chi connectivity index (χ2v) is 18.5. The predicted octanol–water partition coefficient (Wildman–Crippen LogP) is 5.96. The number of rotatable bonds is 9. The highest BCUT2D eigenvalue weighted by Gasteiger charge is 2.42. The van der Waals surface area contributed by atoms with E-state index in [-0.39, 0.29) is 28.0 Å². The number of carbonyl (C=O) groups is 3. The number of amides is 3. The number of carbonyl (C=O) groups excluding carboxylic acids is 3. The molecule has 15 heteroatoms. The Hall–Kier alpha value is -4.76. The van der Waals surface area contributed by atoms with Crippen molar-refractivity contribution >= 4 is 66.2 Å². The van der Waals surface area contributed by atoms with Crippen LogP contribution in [0.5, 0.6) is 5.75 Å². The largest absolute Gasteiger partial charge is 0.506 e. The molecule has 2 aliphatic carbocycles. The number of anilines is 2. The third-order valence-electron chi connectivity index (χ3n) is 11.5. The fourth-order valence-electron chi connectivity index (χ4n) is 8.53. The average Bonchev–Trinajstić information content (AvgIpc) is 3.74. The second kappa shape index (κ2) is 14.1. The summed E-state index contributed by atoms with van der Waals surface area (Å²) in [6.07, 6.45) is 7.91. The Kier molecular flexibility index (Phi) is 9.49. The Labute approximate surface area is 315 Å². The summed E-state index contributed by atoms with van der Waals surface area (Å²) in [4.78, 5) is 36.0. The van der Waals surface area contributed by atoms with Gasteiger partial charge in [-0.3, -0.25) is 24.4 Å². The van der Waals surface area contributed by atoms with Crippen molar-refractivity contribution in [2.24, 2.45) is 18.9 Å². The van der Waals surface area contributed by atoms with Crippen molar-refractivity contribution < 1.29 is 32.3 Å². The van der Waals surface area contributed by atoms with Gasteiger partial charge in [0, 0.05) is 35.4 Å². The molecule has 4 aliphatic rings. The fourth-order valence-corrected chi connectivity index (χ4v) is 11.7. The van der Waals surface area contributed by atoms with Crippen LogP contribution in [0.15, 0.2) is 54.6 Å². The molecular formula is C39H43FN6O6S2. The maximum atomic E-state index is 15.7. The Balaban J connectivity index is 0.859. The number of fused-ring (bicyclic) bond motifs is 1. The minimum Gasteiger partial charge on any atom is -0.506 e. The van der Waals surface area contributed by atoms with Crippen LogP contribution in [0.2, 0.25) is 0 Å². The van der Waals surface area contributed by atoms with Gasteiger partial charge in [0.2, 0.25) is 11.8 Å². The number of imide groups is 1. The van der Waals surface area contributed by atoms with Crippen LogP contribution in [-0.2, 0) is 31.6 Å². The summed E-state index contributed by atoms with van der Waals surface area (Å²) in [5, 5.41) is 21.3. The van der Waals surface area contributed by atoms with E-state index in [0.29, 0.717) is 45.7 Å². The van der Waals surface area contributed by atoms with Gasteiger partial charge in [-0.05, 0) is 116 Å². The van der Waals surface area contributed by atoms with E-state index in [1.165, 1.54) is 43.4 Å². The molecule has 3 amide bonds. The standard InChI is InChI=1S/C39H43FN6O6S2/c1-3-53(43-27-11-8-24(9-12-27)28-14-16-32(47)38(36(28)40)46-21-35(49)44-54(46,51)52)33-20-26(33)18-22-4-6-23(7-5-22)25-10-13-29-31(19-25)45(2)42-37(29)30-15-17-34(48)41-39(30)50/h3,8-14,16,19,22-23,26,30,33,43,47H,4-7,15,17-18,20-21H2,1-2H3,(H,44,49)(H,41,48,50). The van der Waals surface area contributed by atoms with Gasteiger partial charge in [-0.15, -0.1) is 0 Å². The van der Waals surface area contributed by atoms with Crippen molar-refractivity contribution in [1.29, 1.82) is 0 Å². The number of aromatic nitrogens is 2. The lowest BCUT2D eigenvalue weighted by molar-refractivity contribution is -0.134. The summed E-state index contributed by atoms with van der Waals surface area (Å²) in [6.45, 7) is 1.47. The first-order valence-electron chi connectivity index (χ1n) is 18.4. The highest BCUT2D eigenvalue weighted by molar-refractivity contribution is 8.16. The fraction of sp³-hybridized carbons (Fsp3) is 0.410. The minimum atomic E-state index is -4.30. The van der Waals surface area contributed by atoms with E-state index in [2.05, 4.69) is 40.5 Å². The van der Waals surface area contributed by atoms with Crippen LogP contribution in [0.25, 0.3) is 22.0 Å². The molecule has 8 rings (SSSR count). The molecule has 4 unspecified atom stereocenters. The molecule has 1 aromatic heterocycles. The Bertz CT molecular complexity index is 2320. The Morgan fingerprint density at radius 3 is 2.46 bits per heavy atom. The summed E-state index contributed by atoms with van der Waals surface area (Å²) < 4.78 is 48.2. The number of nitrogens with one attached hydrogen (secondary N) is 3. The minimum absolute atomic E-state index is 0.110. The molecule has 3 heterocycles. The topological polar surface area (TPSA) is 163 Å². The summed E-state index contributed by atoms with van der Waals surface area (Å²) in [6, 6.07) is 16.4. The van der Waals surface area contributed by atoms with Gasteiger partial charge in [0.1, 0.15) is 18.0 Å². The first-order valence-corrected chi connectivity index (χ1v) is 21.2. The van der Waals surface area contributed by atoms with Gasteiger partial charge < -0.3 is 9.83 Å². The second-order valence-electron chi connectivity index (χ2n) is 14.9. The molecule has 0 radical (unpaired) electrons. The van der Waals surface area contributed by atoms with Gasteiger partial charge >= 0.3 is 10.2 Å². The number of nitrogens with zero attached hydrogens (tertiary/aromatic N) is 3. The maximum absolute atomic E-state index is 15.7. The van der Waals surface area contributed by atoms with E-state index in [1.807, 2.05) is 23.9 Å². The zero-order chi connectivity index (χ0) is 37.9. The smallest absolute Gasteiger partial charge is 0.326 e. The lowest BCUT2D eigenvalue weighted by Crippen LogP contribution is -2.39. The van der Waals surface area contributed by atoms with Gasteiger partial charge in [-0.2, -0.15) is 13.5 Å². The molecule has 0 spiro atoms. The Morgan fingerprint density at radius 2 is 1.78 bits per heavy atom. The van der Waals surface area contributed by atoms with Crippen LogP contribution in [-0.4, -0.2) is 58.2 Å². The van der Waals surface area contributed by atoms with Crippen LogP contribution < -0.4 is 19.1 Å². The molecular weight excluding hydrogens is 732 g/mol. The SMILES string of the molecule is CC=S(Nc1ccc(-c2ccc(O)c(N3CC(=O)NS3(=O)=O)c2F)cc1)C1CC1CC1CCC(c2ccc3c(C4CCC(=O)NC4=O)nn(C)c3c2)CC1. The van der Waals surface area contributed by atoms with Crippen LogP contribution >= 0.6 is 10.7 Å². The van der Waals surface area contributed by atoms with Crippen LogP contribution in [0.1, 0.15) is 81.4 Å². The predicted molar refractivity (Wildman–Crippen MR) is 208 cm³/mol. The van der Waals surface area contributed by atoms with E-state index in [4.69, 9.17) is 5.10 Å². The number of aryl methyl sites for hydroxylation is 1. The molecule has 2 saturated heterocycles. The van der Waals surface area contributed by atoms with Crippen LogP contribution in [0.3, 0.4) is 0 Å². The third kappa shape index (κ3) is 6.87. The number of hydrogen-bond acceptors (Lipinski definition) is 8. The summed E-state index contributed by atoms with van der Waals surface area (Å²) in [5.41, 5.74) is 4.05. The van der Waals surface area contributed by atoms with Gasteiger partial charge in [0.25, 0.3) is 5.91 Å². The number of piperidine rings is 1. The number of aromatic hydroxyl groups is 1. The summed E-state index contributed by atoms with van der Waals surface area (Å²) >= 11 is 0. The quantitative estimate of drug-likeness (QED) is 0.120. The highest BCUT2D eigenvalue weighted by Crippen LogP contribution is 2.51. The first kappa shape index (κ1) is 36.2. The van der Waals surface area contributed by atoms with Crippen molar-refractivity contribution in [3.05, 3.63) is 71.7 Å². The molecule has 4 N–H and O–H groups in total. The molecule has 12 nitrogen and oxygen atoms in total. The molecule has 4 fully saturated rings. The van der Waals surface area contributed by atoms with Crippen LogP contribution in [0, 0.1) is 17.7 Å². The van der Waals surface area contributed by atoms with E-state index in [1.54, 1.807) is 16.9 Å². The Morgan fingerprint density at radius 1 is 1.02 bits per heavy atom. The van der Waals surface area contributed by atoms with E-state index in [9.17, 15) is 27.9 Å². The molecule has 284 valence electrons. The molecule has 2 aliphatic heterocycles. The van der Waals surface area contributed by atoms with E-state index < -0.39 is 45.8 Å². The molecule has 3 aromatic carbocycles. The number of phenolic OH excluding ortho intramolecular Hbond substituents is 1. The molecule has 4 atom stereocenters. The molecule has 0 bridgehead atoms. The number of benzene rings is 3. The van der Waals surface area contributed by atoms with Gasteiger partial charge in [-0.1, -0.05) is 34.9 Å². The van der Waals surface area contributed by atoms with Crippen molar-refractivity contribution in [1.82, 2.24) is 19.8 Å². The van der Waals surface area contributed by atoms with Crippen molar-refractivity contribution in [3.8, 4) is 16.9 Å². The van der Waals surface area contributed by atoms with Crippen molar-refractivity contribution in [2.75, 3.05) is 15.6 Å². The number of phenols is 1. The van der Waals surface area contributed by atoms with Gasteiger partial charge in [-0.25, -0.2) is 13.4 Å². The molecule has 2 saturated carbocycles. The zero-order valence-corrected chi connectivity index (χ0v) is 31.7. The van der Waals surface area contributed by atoms with Crippen molar-refractivity contribution in [3.63, 3.8) is 0 Å².